The van der Waals surface area contributed by atoms with E-state index < -0.39 is 19.2 Å². The van der Waals surface area contributed by atoms with Crippen LogP contribution < -0.4 is 0 Å². The second kappa shape index (κ2) is 7.66. The summed E-state index contributed by atoms with van der Waals surface area (Å²) in [5, 5.41) is 10.4. The van der Waals surface area contributed by atoms with Crippen LogP contribution in [-0.4, -0.2) is 52.6 Å². The molecule has 1 unspecified atom stereocenters. The maximum atomic E-state index is 10.8. The van der Waals surface area contributed by atoms with Gasteiger partial charge in [0, 0.05) is 11.3 Å². The predicted octanol–water partition coefficient (Wildman–Crippen LogP) is 1.10. The van der Waals surface area contributed by atoms with Gasteiger partial charge in [-0.25, -0.2) is 0 Å². The van der Waals surface area contributed by atoms with Gasteiger partial charge in [0.25, 0.3) is 0 Å². The molecule has 0 fully saturated rings. The monoisotopic (exact) mass is 295 g/mol. The quantitative estimate of drug-likeness (QED) is 0.720. The zero-order valence-corrected chi connectivity index (χ0v) is 12.2. The van der Waals surface area contributed by atoms with Crippen LogP contribution >= 0.6 is 18.9 Å². The highest BCUT2D eigenvalue weighted by Crippen LogP contribution is 2.43. The number of carbonyl (C=O) groups is 1. The molecule has 0 amide bonds. The number of hydrogen-bond donors (Lipinski definition) is 3. The Morgan fingerprint density at radius 2 is 1.94 bits per heavy atom. The van der Waals surface area contributed by atoms with Crippen LogP contribution in [0.1, 0.15) is 4.88 Å². The van der Waals surface area contributed by atoms with Crippen LogP contribution in [0, 0.1) is 0 Å². The summed E-state index contributed by atoms with van der Waals surface area (Å²) in [6, 6.07) is 3.36. The molecule has 0 aromatic carbocycles. The molecule has 104 valence electrons. The predicted molar refractivity (Wildman–Crippen MR) is 71.1 cm³/mol. The number of thiophene rings is 1. The first kappa shape index (κ1) is 17.3. The summed E-state index contributed by atoms with van der Waals surface area (Å²) in [5.74, 6) is -1.47. The van der Waals surface area contributed by atoms with Crippen LogP contribution in [0.5, 0.6) is 0 Å². The van der Waals surface area contributed by atoms with Gasteiger partial charge in [0.1, 0.15) is 0 Å². The van der Waals surface area contributed by atoms with E-state index in [1.54, 1.807) is 17.5 Å². The normalized spacial score (nSPS) is 12.8. The van der Waals surface area contributed by atoms with Gasteiger partial charge in [-0.3, -0.25) is 9.36 Å². The number of carboxylic acids is 1. The Labute approximate surface area is 110 Å². The smallest absolute Gasteiger partial charge is 0.340 e. The van der Waals surface area contributed by atoms with Crippen molar-refractivity contribution in [2.45, 2.75) is 12.1 Å². The van der Waals surface area contributed by atoms with E-state index >= 15 is 0 Å². The lowest BCUT2D eigenvalue weighted by Crippen LogP contribution is -2.22. The second-order valence-corrected chi connectivity index (χ2v) is 6.90. The van der Waals surface area contributed by atoms with Crippen molar-refractivity contribution in [2.24, 2.45) is 0 Å². The molecule has 1 rings (SSSR count). The molecule has 1 heterocycles. The van der Waals surface area contributed by atoms with Crippen molar-refractivity contribution in [3.63, 3.8) is 0 Å². The van der Waals surface area contributed by atoms with E-state index in [1.807, 2.05) is 26.0 Å². The van der Waals surface area contributed by atoms with Crippen molar-refractivity contribution in [3.8, 4) is 0 Å². The van der Waals surface area contributed by atoms with Crippen LogP contribution in [0.2, 0.25) is 0 Å². The summed E-state index contributed by atoms with van der Waals surface area (Å²) in [4.78, 5) is 30.8. The average Bonchev–Trinajstić information content (AvgIpc) is 2.62. The fourth-order valence-electron chi connectivity index (χ4n) is 0.969. The first-order valence-electron chi connectivity index (χ1n) is 5.06. The molecular formula is C10H18NO5PS. The van der Waals surface area contributed by atoms with Crippen molar-refractivity contribution in [1.82, 2.24) is 4.90 Å². The van der Waals surface area contributed by atoms with Crippen molar-refractivity contribution >= 4 is 24.9 Å². The van der Waals surface area contributed by atoms with Crippen molar-refractivity contribution in [3.05, 3.63) is 22.4 Å². The molecule has 0 radical (unpaired) electrons. The maximum absolute atomic E-state index is 10.8. The van der Waals surface area contributed by atoms with E-state index in [2.05, 4.69) is 0 Å². The lowest BCUT2D eigenvalue weighted by Gasteiger charge is -2.12. The van der Waals surface area contributed by atoms with E-state index in [1.165, 1.54) is 11.3 Å². The Morgan fingerprint density at radius 3 is 2.22 bits per heavy atom. The molecule has 0 spiro atoms. The average molecular weight is 295 g/mol. The number of nitrogens with zero attached hydrogens (tertiary/aromatic N) is 1. The summed E-state index contributed by atoms with van der Waals surface area (Å²) in [7, 11) is 1.43. The molecule has 6 nitrogen and oxygen atoms in total. The van der Waals surface area contributed by atoms with E-state index in [-0.39, 0.29) is 6.42 Å². The summed E-state index contributed by atoms with van der Waals surface area (Å²) in [6.45, 7) is 0. The number of rotatable bonds is 4. The molecule has 0 saturated heterocycles. The zero-order chi connectivity index (χ0) is 14.3. The Morgan fingerprint density at radius 1 is 1.44 bits per heavy atom. The third kappa shape index (κ3) is 7.58. The van der Waals surface area contributed by atoms with Gasteiger partial charge in [-0.15, -0.1) is 11.3 Å². The van der Waals surface area contributed by atoms with E-state index in [0.717, 1.165) is 0 Å². The van der Waals surface area contributed by atoms with Gasteiger partial charge in [0.15, 0.2) is 5.66 Å². The van der Waals surface area contributed by atoms with Gasteiger partial charge in [-0.2, -0.15) is 0 Å². The van der Waals surface area contributed by atoms with E-state index in [4.69, 9.17) is 14.9 Å². The Balaban J connectivity index is 0.000000631. The molecule has 0 aliphatic carbocycles. The SMILES string of the molecule is CN(C)C.O=C(O)C(Cc1cccs1)P(=O)(O)O. The number of aliphatic carboxylic acids is 1. The molecule has 1 aromatic heterocycles. The van der Waals surface area contributed by atoms with Crippen LogP contribution in [0.25, 0.3) is 0 Å². The summed E-state index contributed by atoms with van der Waals surface area (Å²) in [5.41, 5.74) is -1.64. The van der Waals surface area contributed by atoms with Gasteiger partial charge in [0.05, 0.1) is 0 Å². The minimum absolute atomic E-state index is 0.128. The lowest BCUT2D eigenvalue weighted by molar-refractivity contribution is -0.136. The van der Waals surface area contributed by atoms with Crippen molar-refractivity contribution in [1.29, 1.82) is 0 Å². The van der Waals surface area contributed by atoms with Crippen LogP contribution in [0.15, 0.2) is 17.5 Å². The third-order valence-electron chi connectivity index (χ3n) is 1.67. The largest absolute Gasteiger partial charge is 0.481 e. The topological polar surface area (TPSA) is 98.1 Å². The molecule has 18 heavy (non-hydrogen) atoms. The first-order chi connectivity index (χ1) is 8.14. The van der Waals surface area contributed by atoms with Gasteiger partial charge >= 0.3 is 13.6 Å². The Hall–Kier alpha value is -0.720. The molecule has 8 heteroatoms. The molecule has 0 aliphatic rings. The van der Waals surface area contributed by atoms with Gasteiger partial charge in [-0.1, -0.05) is 6.07 Å². The summed E-state index contributed by atoms with van der Waals surface area (Å²) < 4.78 is 10.8. The fourth-order valence-corrected chi connectivity index (χ4v) is 2.57. The van der Waals surface area contributed by atoms with Crippen LogP contribution in [-0.2, 0) is 15.8 Å². The molecule has 3 N–H and O–H groups in total. The Kier molecular flexibility index (Phi) is 7.35. The minimum Gasteiger partial charge on any atom is -0.481 e. The summed E-state index contributed by atoms with van der Waals surface area (Å²) in [6.07, 6.45) is -0.128. The standard InChI is InChI=1S/C7H9O5PS.C3H9N/c8-7(9)6(13(10,11)12)4-5-2-1-3-14-5;1-4(2)3/h1-3,6H,4H2,(H,8,9)(H2,10,11,12);1-3H3. The second-order valence-electron chi connectivity index (χ2n) is 4.07. The molecule has 1 aromatic rings. The first-order valence-corrected chi connectivity index (χ1v) is 7.62. The molecule has 1 atom stereocenters. The molecule has 0 saturated carbocycles. The van der Waals surface area contributed by atoms with Crippen LogP contribution in [0.3, 0.4) is 0 Å². The van der Waals surface area contributed by atoms with E-state index in [0.29, 0.717) is 4.88 Å². The van der Waals surface area contributed by atoms with Gasteiger partial charge in [0.2, 0.25) is 0 Å². The molecule has 0 bridgehead atoms. The van der Waals surface area contributed by atoms with Crippen LogP contribution in [0.4, 0.5) is 0 Å². The minimum atomic E-state index is -4.57. The molecular weight excluding hydrogens is 277 g/mol. The van der Waals surface area contributed by atoms with Crippen molar-refractivity contribution < 1.29 is 24.3 Å². The third-order valence-corrected chi connectivity index (χ3v) is 3.78. The van der Waals surface area contributed by atoms with Crippen molar-refractivity contribution in [2.75, 3.05) is 21.1 Å². The lowest BCUT2D eigenvalue weighted by atomic mass is 10.2. The highest BCUT2D eigenvalue weighted by molar-refractivity contribution is 7.53. The number of carboxylic acid groups (broad SMARTS) is 1. The highest BCUT2D eigenvalue weighted by Gasteiger charge is 2.35. The summed E-state index contributed by atoms with van der Waals surface area (Å²) >= 11 is 1.28. The molecule has 0 aliphatic heterocycles. The Bertz CT molecular complexity index is 398. The van der Waals surface area contributed by atoms with E-state index in [9.17, 15) is 9.36 Å². The fraction of sp³-hybridized carbons (Fsp3) is 0.500. The maximum Gasteiger partial charge on any atom is 0.340 e. The zero-order valence-electron chi connectivity index (χ0n) is 10.5. The number of hydrogen-bond acceptors (Lipinski definition) is 4. The van der Waals surface area contributed by atoms with Gasteiger partial charge < -0.3 is 19.8 Å². The highest BCUT2D eigenvalue weighted by atomic mass is 32.1. The van der Waals surface area contributed by atoms with Gasteiger partial charge in [-0.05, 0) is 32.6 Å².